The fourth-order valence-corrected chi connectivity index (χ4v) is 1.65. The van der Waals surface area contributed by atoms with Crippen molar-refractivity contribution in [1.29, 1.82) is 0 Å². The molecule has 0 aromatic carbocycles. The van der Waals surface area contributed by atoms with Crippen LogP contribution in [0.25, 0.3) is 0 Å². The molecule has 0 aromatic rings. The maximum Gasteiger partial charge on any atom is 0.0921 e. The van der Waals surface area contributed by atoms with E-state index in [2.05, 4.69) is 0 Å². The zero-order valence-corrected chi connectivity index (χ0v) is 6.39. The zero-order valence-electron chi connectivity index (χ0n) is 8.39. The third-order valence-electron chi connectivity index (χ3n) is 2.11. The van der Waals surface area contributed by atoms with Crippen LogP contribution in [0.2, 0.25) is 0 Å². The molecular weight excluding hydrogens is 128 g/mol. The van der Waals surface area contributed by atoms with Crippen molar-refractivity contribution in [3.05, 3.63) is 0 Å². The minimum absolute atomic E-state index is 0.126. The molecule has 2 nitrogen and oxygen atoms in total. The second kappa shape index (κ2) is 1.56. The van der Waals surface area contributed by atoms with Crippen molar-refractivity contribution >= 4 is 0 Å². The second-order valence-corrected chi connectivity index (χ2v) is 3.67. The summed E-state index contributed by atoms with van der Waals surface area (Å²) in [7, 11) is 0. The van der Waals surface area contributed by atoms with Crippen molar-refractivity contribution < 1.29 is 12.2 Å². The summed E-state index contributed by atoms with van der Waals surface area (Å²) in [4.78, 5) is 0. The maximum absolute atomic E-state index is 7.84. The summed E-state index contributed by atoms with van der Waals surface area (Å²) in [6, 6.07) is 0. The molecule has 10 heavy (non-hydrogen) atoms. The van der Waals surface area contributed by atoms with Gasteiger partial charge in [-0.2, -0.15) is 0 Å². The van der Waals surface area contributed by atoms with Crippen molar-refractivity contribution in [2.45, 2.75) is 44.5 Å². The lowest BCUT2D eigenvalue weighted by molar-refractivity contribution is -0.178. The van der Waals surface area contributed by atoms with Gasteiger partial charge in [0.15, 0.2) is 0 Å². The molecule has 0 aliphatic carbocycles. The predicted octanol–water partition coefficient (Wildman–Crippen LogP) is 1.34. The summed E-state index contributed by atoms with van der Waals surface area (Å²) in [5.41, 5.74) is -1.03. The fourth-order valence-electron chi connectivity index (χ4n) is 1.65. The van der Waals surface area contributed by atoms with E-state index in [4.69, 9.17) is 12.2 Å². The third-order valence-corrected chi connectivity index (χ3v) is 2.11. The Morgan fingerprint density at radius 3 is 2.80 bits per heavy atom. The molecule has 0 radical (unpaired) electrons. The predicted molar refractivity (Wildman–Crippen MR) is 37.9 cm³/mol. The van der Waals surface area contributed by atoms with Crippen LogP contribution >= 0.6 is 0 Å². The summed E-state index contributed by atoms with van der Waals surface area (Å²) in [6.07, 6.45) is -0.534. The van der Waals surface area contributed by atoms with Crippen LogP contribution in [0.1, 0.15) is 29.9 Å². The van der Waals surface area contributed by atoms with E-state index >= 15 is 0 Å². The average Bonchev–Trinajstić information content (AvgIpc) is 2.38. The van der Waals surface area contributed by atoms with Crippen molar-refractivity contribution in [1.82, 2.24) is 0 Å². The summed E-state index contributed by atoms with van der Waals surface area (Å²) in [6.45, 7) is 4.39. The van der Waals surface area contributed by atoms with Crippen LogP contribution in [0.15, 0.2) is 0 Å². The molecule has 58 valence electrons. The molecule has 1 unspecified atom stereocenters. The number of fused-ring (bicyclic) bond motifs is 2. The largest absolute Gasteiger partial charge is 0.372 e. The molecule has 0 aromatic heterocycles. The Bertz CT molecular complexity index is 207. The van der Waals surface area contributed by atoms with Gasteiger partial charge in [0.25, 0.3) is 0 Å². The first-order valence-electron chi connectivity index (χ1n) is 4.83. The zero-order chi connectivity index (χ0) is 8.98. The highest BCUT2D eigenvalue weighted by atomic mass is 16.6. The van der Waals surface area contributed by atoms with Crippen LogP contribution in [0.4, 0.5) is 0 Å². The smallest absolute Gasteiger partial charge is 0.0921 e. The monoisotopic (exact) mass is 146 g/mol. The van der Waals surface area contributed by atoms with Gasteiger partial charge < -0.3 is 9.47 Å². The molecule has 0 saturated carbocycles. The summed E-state index contributed by atoms with van der Waals surface area (Å²) in [5, 5.41) is 0. The molecule has 0 N–H and O–H groups in total. The van der Waals surface area contributed by atoms with Crippen molar-refractivity contribution in [3.8, 4) is 0 Å². The molecule has 2 heteroatoms. The van der Waals surface area contributed by atoms with E-state index < -0.39 is 5.60 Å². The Hall–Kier alpha value is -0.0800. The topological polar surface area (TPSA) is 18.5 Å². The molecule has 2 aliphatic rings. The van der Waals surface area contributed by atoms with E-state index in [1.165, 1.54) is 0 Å². The van der Waals surface area contributed by atoms with Gasteiger partial charge >= 0.3 is 0 Å². The Morgan fingerprint density at radius 2 is 2.50 bits per heavy atom. The Labute approximate surface area is 64.3 Å². The Morgan fingerprint density at radius 1 is 1.70 bits per heavy atom. The van der Waals surface area contributed by atoms with Crippen molar-refractivity contribution in [2.24, 2.45) is 0 Å². The van der Waals surface area contributed by atoms with E-state index in [9.17, 15) is 0 Å². The summed E-state index contributed by atoms with van der Waals surface area (Å²) >= 11 is 0. The van der Waals surface area contributed by atoms with Crippen LogP contribution in [0, 0.1) is 0 Å². The summed E-state index contributed by atoms with van der Waals surface area (Å²) < 4.78 is 26.3. The Kier molecular flexibility index (Phi) is 0.739. The van der Waals surface area contributed by atoms with E-state index in [-0.39, 0.29) is 25.0 Å². The van der Waals surface area contributed by atoms with E-state index in [0.717, 1.165) is 0 Å². The first-order valence-corrected chi connectivity index (χ1v) is 3.55. The van der Waals surface area contributed by atoms with Gasteiger partial charge in [0, 0.05) is 9.14 Å². The molecule has 2 fully saturated rings. The molecule has 2 rings (SSSR count). The lowest BCUT2D eigenvalue weighted by Crippen LogP contribution is -2.41. The maximum atomic E-state index is 7.84. The van der Waals surface area contributed by atoms with E-state index in [0.29, 0.717) is 6.61 Å². The number of hydrogen-bond donors (Lipinski definition) is 0. The van der Waals surface area contributed by atoms with Crippen molar-refractivity contribution in [2.75, 3.05) is 6.61 Å². The lowest BCUT2D eigenvalue weighted by atomic mass is 10.00. The SMILES string of the molecule is [3H]C[C@@]12CO[C@H](C1[3H])C(C)(C)O2. The quantitative estimate of drug-likeness (QED) is 0.513. The molecule has 2 saturated heterocycles. The van der Waals surface area contributed by atoms with Gasteiger partial charge in [0.1, 0.15) is 0 Å². The van der Waals surface area contributed by atoms with E-state index in [1.54, 1.807) is 0 Å². The highest BCUT2D eigenvalue weighted by molar-refractivity contribution is 5.02. The minimum Gasteiger partial charge on any atom is -0.372 e. The van der Waals surface area contributed by atoms with Gasteiger partial charge in [-0.3, -0.25) is 0 Å². The highest BCUT2D eigenvalue weighted by Crippen LogP contribution is 2.44. The number of rotatable bonds is 0. The van der Waals surface area contributed by atoms with Gasteiger partial charge in [-0.05, 0) is 20.7 Å². The standard InChI is InChI=1S/C8H14O2/c1-7(2)6-4-8(3,10-7)5-9-6/h6H,4-5H2,1-3H3/t6-,8+/m1/s1/i3T,4T/t4?,6-,8+. The van der Waals surface area contributed by atoms with Gasteiger partial charge in [0.2, 0.25) is 0 Å². The van der Waals surface area contributed by atoms with Crippen LogP contribution in [0.3, 0.4) is 0 Å². The molecule has 2 aliphatic heterocycles. The third kappa shape index (κ3) is 0.722. The van der Waals surface area contributed by atoms with Gasteiger partial charge in [-0.1, -0.05) is 0 Å². The number of ether oxygens (including phenoxy) is 2. The fraction of sp³-hybridized carbons (Fsp3) is 1.00. The van der Waals surface area contributed by atoms with Gasteiger partial charge in [-0.25, -0.2) is 0 Å². The Balaban J connectivity index is 2.31. The van der Waals surface area contributed by atoms with Crippen LogP contribution in [0.5, 0.6) is 0 Å². The molecule has 2 bridgehead atoms. The summed E-state index contributed by atoms with van der Waals surface area (Å²) in [5.74, 6) is 0. The number of hydrogen-bond acceptors (Lipinski definition) is 2. The molecule has 0 spiro atoms. The molecule has 2 heterocycles. The molecular formula is C8H14O2. The lowest BCUT2D eigenvalue weighted by Gasteiger charge is -2.33. The normalized spacial score (nSPS) is 60.2. The molecule has 0 amide bonds. The van der Waals surface area contributed by atoms with E-state index in [1.807, 2.05) is 13.8 Å². The van der Waals surface area contributed by atoms with Crippen LogP contribution < -0.4 is 0 Å². The first-order chi connectivity index (χ1) is 5.52. The molecule has 3 atom stereocenters. The first kappa shape index (κ1) is 4.73. The highest BCUT2D eigenvalue weighted by Gasteiger charge is 2.54. The van der Waals surface area contributed by atoms with Crippen molar-refractivity contribution in [3.63, 3.8) is 0 Å². The van der Waals surface area contributed by atoms with Gasteiger partial charge in [0.05, 0.1) is 23.9 Å². The minimum atomic E-state index is -0.645. The van der Waals surface area contributed by atoms with Crippen LogP contribution in [-0.2, 0) is 9.47 Å². The average molecular weight is 146 g/mol. The second-order valence-electron chi connectivity index (χ2n) is 3.67. The van der Waals surface area contributed by atoms with Crippen LogP contribution in [-0.4, -0.2) is 23.9 Å². The van der Waals surface area contributed by atoms with Gasteiger partial charge in [-0.15, -0.1) is 0 Å².